The van der Waals surface area contributed by atoms with Crippen LogP contribution in [0.4, 0.5) is 4.39 Å². The molecule has 1 amide bonds. The number of alkyl halides is 1. The summed E-state index contributed by atoms with van der Waals surface area (Å²) in [6, 6.07) is 0. The third-order valence-corrected chi connectivity index (χ3v) is 5.10. The first-order valence-electron chi connectivity index (χ1n) is 7.53. The molecular formula is C15H25FN2O2. The van der Waals surface area contributed by atoms with Crippen molar-refractivity contribution in [3.63, 3.8) is 0 Å². The molecule has 0 spiro atoms. The van der Waals surface area contributed by atoms with E-state index in [1.807, 2.05) is 4.90 Å². The molecule has 5 heteroatoms. The number of carbonyl (C=O) groups is 2. The molecule has 0 N–H and O–H groups in total. The highest BCUT2D eigenvalue weighted by atomic mass is 19.1. The van der Waals surface area contributed by atoms with Crippen LogP contribution in [-0.4, -0.2) is 61.4 Å². The van der Waals surface area contributed by atoms with Crippen LogP contribution in [-0.2, 0) is 9.59 Å². The molecule has 0 radical (unpaired) electrons. The number of piperidine rings is 2. The highest BCUT2D eigenvalue weighted by Gasteiger charge is 2.41. The van der Waals surface area contributed by atoms with Crippen LogP contribution < -0.4 is 0 Å². The predicted molar refractivity (Wildman–Crippen MR) is 75.1 cm³/mol. The normalized spacial score (nSPS) is 24.6. The summed E-state index contributed by atoms with van der Waals surface area (Å²) in [5.41, 5.74) is -0.830. The van der Waals surface area contributed by atoms with Gasteiger partial charge in [0.05, 0.1) is 5.41 Å². The lowest BCUT2D eigenvalue weighted by Gasteiger charge is -2.40. The number of ketones is 1. The van der Waals surface area contributed by atoms with Crippen molar-refractivity contribution >= 4 is 11.7 Å². The van der Waals surface area contributed by atoms with Gasteiger partial charge in [0, 0.05) is 19.0 Å². The fourth-order valence-electron chi connectivity index (χ4n) is 3.25. The Bertz CT molecular complexity index is 370. The van der Waals surface area contributed by atoms with Gasteiger partial charge in [-0.25, -0.2) is 0 Å². The Morgan fingerprint density at radius 1 is 1.15 bits per heavy atom. The van der Waals surface area contributed by atoms with Crippen LogP contribution >= 0.6 is 0 Å². The number of carbonyl (C=O) groups excluding carboxylic acids is 2. The average Bonchev–Trinajstić information content (AvgIpc) is 2.47. The van der Waals surface area contributed by atoms with Crippen LogP contribution in [0.3, 0.4) is 0 Å². The summed E-state index contributed by atoms with van der Waals surface area (Å²) in [4.78, 5) is 28.2. The van der Waals surface area contributed by atoms with Gasteiger partial charge in [-0.3, -0.25) is 14.0 Å². The van der Waals surface area contributed by atoms with E-state index in [-0.39, 0.29) is 17.6 Å². The third-order valence-electron chi connectivity index (χ3n) is 5.10. The molecule has 0 unspecified atom stereocenters. The minimum absolute atomic E-state index is 0.0774. The van der Waals surface area contributed by atoms with Crippen LogP contribution in [0.25, 0.3) is 0 Å². The number of halogens is 1. The van der Waals surface area contributed by atoms with Crippen molar-refractivity contribution in [1.82, 2.24) is 9.80 Å². The maximum atomic E-state index is 13.2. The van der Waals surface area contributed by atoms with E-state index < -0.39 is 12.1 Å². The second kappa shape index (κ2) is 6.20. The quantitative estimate of drug-likeness (QED) is 0.788. The van der Waals surface area contributed by atoms with Gasteiger partial charge >= 0.3 is 0 Å². The van der Waals surface area contributed by atoms with Crippen molar-refractivity contribution < 1.29 is 14.0 Å². The molecule has 0 aromatic rings. The van der Waals surface area contributed by atoms with Crippen molar-refractivity contribution in [3.05, 3.63) is 0 Å². The predicted octanol–water partition coefficient (Wildman–Crippen LogP) is 1.50. The minimum atomic E-state index is -0.830. The van der Waals surface area contributed by atoms with E-state index in [1.54, 1.807) is 0 Å². The Kier molecular flexibility index (Phi) is 4.78. The molecular weight excluding hydrogens is 259 g/mol. The SMILES string of the molecule is CC(=O)C1(CF)CCN(C(=O)C2CCN(C)CC2)CC1. The fraction of sp³-hybridized carbons (Fsp3) is 0.867. The molecule has 2 fully saturated rings. The highest BCUT2D eigenvalue weighted by molar-refractivity contribution is 5.83. The van der Waals surface area contributed by atoms with E-state index in [0.717, 1.165) is 25.9 Å². The van der Waals surface area contributed by atoms with E-state index in [2.05, 4.69) is 11.9 Å². The second-order valence-electron chi connectivity index (χ2n) is 6.37. The number of hydrogen-bond donors (Lipinski definition) is 0. The summed E-state index contributed by atoms with van der Waals surface area (Å²) in [7, 11) is 2.07. The Morgan fingerprint density at radius 3 is 2.15 bits per heavy atom. The molecule has 0 atom stereocenters. The van der Waals surface area contributed by atoms with Crippen LogP contribution in [0.2, 0.25) is 0 Å². The summed E-state index contributed by atoms with van der Waals surface area (Å²) in [6.07, 6.45) is 2.76. The highest BCUT2D eigenvalue weighted by Crippen LogP contribution is 2.34. The maximum absolute atomic E-state index is 13.2. The van der Waals surface area contributed by atoms with Crippen molar-refractivity contribution in [2.75, 3.05) is 39.9 Å². The molecule has 114 valence electrons. The summed E-state index contributed by atoms with van der Waals surface area (Å²) >= 11 is 0. The standard InChI is InChI=1S/C15H25FN2O2/c1-12(19)15(11-16)5-9-18(10-6-15)14(20)13-3-7-17(2)8-4-13/h13H,3-11H2,1-2H3. The lowest BCUT2D eigenvalue weighted by molar-refractivity contribution is -0.143. The van der Waals surface area contributed by atoms with Gasteiger partial charge in [-0.1, -0.05) is 0 Å². The molecule has 2 heterocycles. The molecule has 0 aliphatic carbocycles. The molecule has 20 heavy (non-hydrogen) atoms. The number of hydrogen-bond acceptors (Lipinski definition) is 3. The number of rotatable bonds is 3. The number of likely N-dealkylation sites (tertiary alicyclic amines) is 2. The molecule has 4 nitrogen and oxygen atoms in total. The summed E-state index contributed by atoms with van der Waals surface area (Å²) in [6.45, 7) is 3.84. The summed E-state index contributed by atoms with van der Waals surface area (Å²) in [5.74, 6) is 0.238. The largest absolute Gasteiger partial charge is 0.342 e. The van der Waals surface area contributed by atoms with E-state index in [4.69, 9.17) is 0 Å². The topological polar surface area (TPSA) is 40.6 Å². The number of nitrogens with zero attached hydrogens (tertiary/aromatic N) is 2. The van der Waals surface area contributed by atoms with Gasteiger partial charge in [-0.2, -0.15) is 0 Å². The Hall–Kier alpha value is -0.970. The molecule has 0 bridgehead atoms. The van der Waals surface area contributed by atoms with E-state index in [0.29, 0.717) is 25.9 Å². The zero-order valence-electron chi connectivity index (χ0n) is 12.5. The summed E-state index contributed by atoms with van der Waals surface area (Å²) in [5, 5.41) is 0. The summed E-state index contributed by atoms with van der Waals surface area (Å²) < 4.78 is 13.2. The average molecular weight is 284 g/mol. The smallest absolute Gasteiger partial charge is 0.225 e. The van der Waals surface area contributed by atoms with Crippen LogP contribution in [0.15, 0.2) is 0 Å². The fourth-order valence-corrected chi connectivity index (χ4v) is 3.25. The minimum Gasteiger partial charge on any atom is -0.342 e. The molecule has 2 aliphatic heterocycles. The molecule has 0 aromatic heterocycles. The first-order chi connectivity index (χ1) is 9.48. The Morgan fingerprint density at radius 2 is 1.70 bits per heavy atom. The van der Waals surface area contributed by atoms with Gasteiger partial charge in [0.15, 0.2) is 0 Å². The second-order valence-corrected chi connectivity index (χ2v) is 6.37. The van der Waals surface area contributed by atoms with E-state index >= 15 is 0 Å². The van der Waals surface area contributed by atoms with Crippen molar-refractivity contribution in [2.24, 2.45) is 11.3 Å². The Labute approximate surface area is 120 Å². The number of amides is 1. The van der Waals surface area contributed by atoms with Crippen molar-refractivity contribution in [1.29, 1.82) is 0 Å². The first kappa shape index (κ1) is 15.4. The van der Waals surface area contributed by atoms with Gasteiger partial charge in [0.25, 0.3) is 0 Å². The maximum Gasteiger partial charge on any atom is 0.225 e. The third kappa shape index (κ3) is 3.03. The molecule has 2 saturated heterocycles. The molecule has 0 saturated carbocycles. The van der Waals surface area contributed by atoms with E-state index in [1.165, 1.54) is 6.92 Å². The van der Waals surface area contributed by atoms with E-state index in [9.17, 15) is 14.0 Å². The molecule has 2 aliphatic rings. The van der Waals surface area contributed by atoms with Gasteiger partial charge in [0.1, 0.15) is 12.5 Å². The first-order valence-corrected chi connectivity index (χ1v) is 7.53. The lowest BCUT2D eigenvalue weighted by atomic mass is 9.76. The van der Waals surface area contributed by atoms with Gasteiger partial charge in [-0.15, -0.1) is 0 Å². The molecule has 2 rings (SSSR count). The van der Waals surface area contributed by atoms with Gasteiger partial charge < -0.3 is 9.80 Å². The Balaban J connectivity index is 1.90. The van der Waals surface area contributed by atoms with Gasteiger partial charge in [-0.05, 0) is 52.7 Å². The zero-order valence-corrected chi connectivity index (χ0v) is 12.5. The van der Waals surface area contributed by atoms with Gasteiger partial charge in [0.2, 0.25) is 5.91 Å². The van der Waals surface area contributed by atoms with Crippen molar-refractivity contribution in [2.45, 2.75) is 32.6 Å². The van der Waals surface area contributed by atoms with Crippen molar-refractivity contribution in [3.8, 4) is 0 Å². The van der Waals surface area contributed by atoms with Crippen LogP contribution in [0, 0.1) is 11.3 Å². The number of Topliss-reactive ketones (excluding diaryl/α,β-unsaturated/α-hetero) is 1. The van der Waals surface area contributed by atoms with Crippen LogP contribution in [0.1, 0.15) is 32.6 Å². The lowest BCUT2D eigenvalue weighted by Crippen LogP contribution is -2.49. The molecule has 0 aromatic carbocycles. The van der Waals surface area contributed by atoms with Crippen LogP contribution in [0.5, 0.6) is 0 Å². The monoisotopic (exact) mass is 284 g/mol. The zero-order chi connectivity index (χ0) is 14.8.